The summed E-state index contributed by atoms with van der Waals surface area (Å²) in [7, 11) is 1.63. The van der Waals surface area contributed by atoms with Gasteiger partial charge in [-0.2, -0.15) is 5.12 Å². The molecular weight excluding hydrogens is 220 g/mol. The van der Waals surface area contributed by atoms with E-state index in [-0.39, 0.29) is 12.2 Å². The van der Waals surface area contributed by atoms with Crippen molar-refractivity contribution in [1.29, 1.82) is 0 Å². The summed E-state index contributed by atoms with van der Waals surface area (Å²) in [6.45, 7) is 0. The van der Waals surface area contributed by atoms with Crippen LogP contribution in [0.1, 0.15) is 0 Å². The molecule has 2 unspecified atom stereocenters. The van der Waals surface area contributed by atoms with Gasteiger partial charge in [0.15, 0.2) is 0 Å². The Kier molecular flexibility index (Phi) is 2.10. The second-order valence-electron chi connectivity index (χ2n) is 3.97. The Morgan fingerprint density at radius 3 is 2.88 bits per heavy atom. The lowest BCUT2D eigenvalue weighted by molar-refractivity contribution is -0.143. The number of nitrogens with one attached hydrogen (secondary N) is 1. The maximum absolute atomic E-state index is 5.84. The number of hydrogen-bond donors (Lipinski definition) is 3. The summed E-state index contributed by atoms with van der Waals surface area (Å²) in [5.41, 5.74) is 15.7. The van der Waals surface area contributed by atoms with Crippen LogP contribution < -0.4 is 21.6 Å². The normalized spacial score (nSPS) is 26.5. The first-order valence-corrected chi connectivity index (χ1v) is 5.29. The highest BCUT2D eigenvalue weighted by molar-refractivity contribution is 5.89. The average molecular weight is 234 g/mol. The predicted octanol–water partition coefficient (Wildman–Crippen LogP) is -0.506. The molecule has 2 bridgehead atoms. The molecule has 5 N–H and O–H groups in total. The zero-order chi connectivity index (χ0) is 12.0. The fourth-order valence-corrected chi connectivity index (χ4v) is 2.01. The molecular formula is C10H14N6O. The number of hydrazone groups is 1. The Labute approximate surface area is 98.5 Å². The third-order valence-electron chi connectivity index (χ3n) is 2.91. The van der Waals surface area contributed by atoms with Crippen LogP contribution in [0.15, 0.2) is 29.4 Å². The zero-order valence-electron chi connectivity index (χ0n) is 9.37. The zero-order valence-corrected chi connectivity index (χ0v) is 9.37. The number of anilines is 1. The van der Waals surface area contributed by atoms with E-state index in [0.29, 0.717) is 5.84 Å². The number of ether oxygens (including phenoxy) is 1. The fraction of sp³-hybridized carbons (Fsp3) is 0.300. The molecule has 7 heteroatoms. The van der Waals surface area contributed by atoms with Crippen LogP contribution in [0.5, 0.6) is 5.75 Å². The Balaban J connectivity index is 1.73. The molecule has 3 aliphatic rings. The molecule has 3 heterocycles. The van der Waals surface area contributed by atoms with Gasteiger partial charge in [-0.25, -0.2) is 0 Å². The van der Waals surface area contributed by atoms with Crippen molar-refractivity contribution in [3.8, 4) is 5.75 Å². The Hall–Kier alpha value is -1.99. The third kappa shape index (κ3) is 1.40. The van der Waals surface area contributed by atoms with Crippen molar-refractivity contribution >= 4 is 11.5 Å². The van der Waals surface area contributed by atoms with Gasteiger partial charge in [-0.05, 0) is 12.1 Å². The largest absolute Gasteiger partial charge is 0.497 e. The number of hydrogen-bond acceptors (Lipinski definition) is 7. The second-order valence-corrected chi connectivity index (χ2v) is 3.97. The molecule has 0 radical (unpaired) electrons. The van der Waals surface area contributed by atoms with Crippen LogP contribution in [-0.4, -0.2) is 35.4 Å². The molecule has 1 fully saturated rings. The molecule has 0 saturated carbocycles. The Bertz CT molecular complexity index is 476. The molecule has 1 aromatic rings. The molecule has 2 atom stereocenters. The maximum atomic E-state index is 5.84. The van der Waals surface area contributed by atoms with Crippen molar-refractivity contribution in [2.75, 3.05) is 12.5 Å². The summed E-state index contributed by atoms with van der Waals surface area (Å²) < 4.78 is 5.15. The van der Waals surface area contributed by atoms with Gasteiger partial charge in [-0.1, -0.05) is 6.07 Å². The van der Waals surface area contributed by atoms with E-state index in [9.17, 15) is 0 Å². The first-order chi connectivity index (χ1) is 8.20. The fourth-order valence-electron chi connectivity index (χ4n) is 2.01. The number of hydrazine groups is 2. The van der Waals surface area contributed by atoms with Crippen LogP contribution in [0.2, 0.25) is 0 Å². The van der Waals surface area contributed by atoms with Crippen LogP contribution in [0.25, 0.3) is 0 Å². The van der Waals surface area contributed by atoms with Crippen LogP contribution in [0.3, 0.4) is 0 Å². The van der Waals surface area contributed by atoms with Crippen molar-refractivity contribution in [1.82, 2.24) is 10.2 Å². The summed E-state index contributed by atoms with van der Waals surface area (Å²) in [5, 5.41) is 7.52. The minimum atomic E-state index is -0.159. The number of nitrogens with zero attached hydrogens (tertiary/aromatic N) is 3. The van der Waals surface area contributed by atoms with Crippen LogP contribution in [0.4, 0.5) is 5.69 Å². The molecule has 17 heavy (non-hydrogen) atoms. The maximum Gasteiger partial charge on any atom is 0.147 e. The first kappa shape index (κ1) is 10.2. The van der Waals surface area contributed by atoms with Gasteiger partial charge in [0.25, 0.3) is 0 Å². The summed E-state index contributed by atoms with van der Waals surface area (Å²) in [6, 6.07) is 7.54. The van der Waals surface area contributed by atoms with Gasteiger partial charge >= 0.3 is 0 Å². The average Bonchev–Trinajstić information content (AvgIpc) is 2.82. The van der Waals surface area contributed by atoms with Gasteiger partial charge in [-0.3, -0.25) is 5.43 Å². The van der Waals surface area contributed by atoms with Crippen molar-refractivity contribution in [2.45, 2.75) is 12.2 Å². The van der Waals surface area contributed by atoms with Crippen LogP contribution in [-0.2, 0) is 0 Å². The summed E-state index contributed by atoms with van der Waals surface area (Å²) in [5.74, 6) is 1.32. The third-order valence-corrected chi connectivity index (χ3v) is 2.91. The van der Waals surface area contributed by atoms with Crippen molar-refractivity contribution in [3.63, 3.8) is 0 Å². The van der Waals surface area contributed by atoms with Crippen LogP contribution in [0, 0.1) is 0 Å². The van der Waals surface area contributed by atoms with Gasteiger partial charge in [0.2, 0.25) is 0 Å². The standard InChI is InChI=1S/C10H14N6O/c1-17-7-4-2-3-6(5-7)13-15-8-9(11)14-16(15)10(8)12/h2-5,8,10,13H,12H2,1H3,(H2,11,14). The highest BCUT2D eigenvalue weighted by Crippen LogP contribution is 2.31. The quantitative estimate of drug-likeness (QED) is 0.652. The topological polar surface area (TPSA) is 92.1 Å². The van der Waals surface area contributed by atoms with E-state index in [0.717, 1.165) is 11.4 Å². The smallest absolute Gasteiger partial charge is 0.147 e. The minimum absolute atomic E-state index is 0.0683. The summed E-state index contributed by atoms with van der Waals surface area (Å²) in [4.78, 5) is 0. The number of benzene rings is 1. The van der Waals surface area contributed by atoms with E-state index in [4.69, 9.17) is 16.2 Å². The van der Waals surface area contributed by atoms with E-state index in [1.54, 1.807) is 17.3 Å². The Morgan fingerprint density at radius 2 is 2.29 bits per heavy atom. The monoisotopic (exact) mass is 234 g/mol. The molecule has 0 aromatic heterocycles. The van der Waals surface area contributed by atoms with Gasteiger partial charge in [0.1, 0.15) is 23.8 Å². The van der Waals surface area contributed by atoms with Gasteiger partial charge < -0.3 is 16.2 Å². The lowest BCUT2D eigenvalue weighted by Crippen LogP contribution is -2.72. The molecule has 4 rings (SSSR count). The number of nitrogens with two attached hydrogens (primary N) is 2. The molecule has 7 nitrogen and oxygen atoms in total. The molecule has 0 aliphatic carbocycles. The van der Waals surface area contributed by atoms with Crippen LogP contribution >= 0.6 is 0 Å². The van der Waals surface area contributed by atoms with E-state index < -0.39 is 0 Å². The van der Waals surface area contributed by atoms with Gasteiger partial charge in [-0.15, -0.1) is 10.2 Å². The minimum Gasteiger partial charge on any atom is -0.497 e. The van der Waals surface area contributed by atoms with Crippen molar-refractivity contribution in [2.24, 2.45) is 16.6 Å². The molecule has 0 amide bonds. The van der Waals surface area contributed by atoms with E-state index in [1.165, 1.54) is 0 Å². The number of amidine groups is 1. The summed E-state index contributed by atoms with van der Waals surface area (Å²) in [6.07, 6.45) is -0.159. The van der Waals surface area contributed by atoms with Gasteiger partial charge in [0, 0.05) is 6.07 Å². The predicted molar refractivity (Wildman–Crippen MR) is 63.7 cm³/mol. The highest BCUT2D eigenvalue weighted by atomic mass is 16.5. The lowest BCUT2D eigenvalue weighted by atomic mass is 10.2. The first-order valence-electron chi connectivity index (χ1n) is 5.29. The Morgan fingerprint density at radius 1 is 1.47 bits per heavy atom. The summed E-state index contributed by atoms with van der Waals surface area (Å²) >= 11 is 0. The number of rotatable bonds is 3. The number of methoxy groups -OCH3 is 1. The molecule has 0 spiro atoms. The molecule has 90 valence electrons. The van der Waals surface area contributed by atoms with E-state index in [2.05, 4.69) is 10.5 Å². The lowest BCUT2D eigenvalue weighted by Gasteiger charge is -2.46. The van der Waals surface area contributed by atoms with Crippen molar-refractivity contribution < 1.29 is 4.74 Å². The van der Waals surface area contributed by atoms with Crippen molar-refractivity contribution in [3.05, 3.63) is 24.3 Å². The SMILES string of the molecule is COc1cccc(NN2C3C(N)=NN2C3N)c1. The molecule has 1 aromatic carbocycles. The van der Waals surface area contributed by atoms with E-state index in [1.807, 2.05) is 24.3 Å². The molecule has 3 aliphatic heterocycles. The van der Waals surface area contributed by atoms with E-state index >= 15 is 0 Å². The van der Waals surface area contributed by atoms with Gasteiger partial charge in [0.05, 0.1) is 12.8 Å². The molecule has 1 saturated heterocycles. The highest BCUT2D eigenvalue weighted by Gasteiger charge is 2.53. The second kappa shape index (κ2) is 3.51.